The van der Waals surface area contributed by atoms with E-state index in [-0.39, 0.29) is 60.9 Å². The van der Waals surface area contributed by atoms with Gasteiger partial charge >= 0.3 is 11.9 Å². The summed E-state index contributed by atoms with van der Waals surface area (Å²) >= 11 is 0. The first-order valence-corrected chi connectivity index (χ1v) is 13.9. The van der Waals surface area contributed by atoms with E-state index in [4.69, 9.17) is 18.9 Å². The van der Waals surface area contributed by atoms with Crippen molar-refractivity contribution >= 4 is 24.8 Å². The lowest BCUT2D eigenvalue weighted by atomic mass is 9.86. The summed E-state index contributed by atoms with van der Waals surface area (Å²) in [6.45, 7) is 4.21. The molecular weight excluding hydrogens is 492 g/mol. The highest BCUT2D eigenvalue weighted by molar-refractivity contribution is 5.92. The summed E-state index contributed by atoms with van der Waals surface area (Å²) in [7, 11) is 0. The number of unbranched alkanes of at least 4 members (excludes halogenated alkanes) is 1. The number of amides is 2. The number of carbonyl (C=O) groups excluding carboxylic acids is 4. The van der Waals surface area contributed by atoms with Gasteiger partial charge in [-0.05, 0) is 76.4 Å². The highest BCUT2D eigenvalue weighted by Gasteiger charge is 2.40. The third kappa shape index (κ3) is 6.64. The first-order valence-electron chi connectivity index (χ1n) is 13.9. The summed E-state index contributed by atoms with van der Waals surface area (Å²) in [4.78, 5) is 48.2. The summed E-state index contributed by atoms with van der Waals surface area (Å²) in [5.41, 5.74) is 2.27. The lowest BCUT2D eigenvalue weighted by Crippen LogP contribution is -2.36. The molecule has 0 aromatic rings. The van der Waals surface area contributed by atoms with Gasteiger partial charge in [0.15, 0.2) is 0 Å². The number of ether oxygens (including phenoxy) is 4. The monoisotopic (exact) mass is 532 g/mol. The highest BCUT2D eigenvalue weighted by Crippen LogP contribution is 2.43. The molecule has 0 aromatic carbocycles. The normalized spacial score (nSPS) is 32.9. The molecule has 2 heterocycles. The summed E-state index contributed by atoms with van der Waals surface area (Å²) < 4.78 is 22.9. The van der Waals surface area contributed by atoms with Crippen LogP contribution >= 0.6 is 0 Å². The Hall–Kier alpha value is -2.72. The molecule has 4 aliphatic rings. The maximum atomic E-state index is 12.8. The van der Waals surface area contributed by atoms with Crippen molar-refractivity contribution in [1.82, 2.24) is 10.6 Å². The van der Waals surface area contributed by atoms with Crippen molar-refractivity contribution in [2.75, 3.05) is 13.2 Å². The highest BCUT2D eigenvalue weighted by atomic mass is 16.5. The van der Waals surface area contributed by atoms with Gasteiger partial charge in [-0.25, -0.2) is 9.59 Å². The first kappa shape index (κ1) is 28.3. The minimum Gasteiger partial charge on any atom is -0.461 e. The summed E-state index contributed by atoms with van der Waals surface area (Å²) in [5.74, 6) is -0.846. The van der Waals surface area contributed by atoms with Crippen molar-refractivity contribution in [1.29, 1.82) is 0 Å². The van der Waals surface area contributed by atoms with Crippen molar-refractivity contribution in [2.45, 2.75) is 102 Å². The van der Waals surface area contributed by atoms with Gasteiger partial charge in [-0.2, -0.15) is 0 Å². The quantitative estimate of drug-likeness (QED) is 0.180. The van der Waals surface area contributed by atoms with Gasteiger partial charge < -0.3 is 29.6 Å². The number of nitrogens with one attached hydrogen (secondary N) is 2. The Labute approximate surface area is 223 Å². The number of carbonyl (C=O) groups is 4. The summed E-state index contributed by atoms with van der Waals surface area (Å²) in [6.07, 6.45) is 9.11. The van der Waals surface area contributed by atoms with Crippen molar-refractivity contribution in [3.63, 3.8) is 0 Å². The Balaban J connectivity index is 1.27. The van der Waals surface area contributed by atoms with Crippen LogP contribution in [0.25, 0.3) is 0 Å². The second-order valence-electron chi connectivity index (χ2n) is 10.8. The van der Waals surface area contributed by atoms with Gasteiger partial charge in [0.2, 0.25) is 12.8 Å². The minimum atomic E-state index is -0.550. The van der Waals surface area contributed by atoms with Gasteiger partial charge in [0.05, 0.1) is 37.6 Å². The lowest BCUT2D eigenvalue weighted by Gasteiger charge is -2.34. The van der Waals surface area contributed by atoms with E-state index in [1.165, 1.54) is 0 Å². The molecule has 4 rings (SSSR count). The van der Waals surface area contributed by atoms with Crippen LogP contribution in [0.15, 0.2) is 22.5 Å². The minimum absolute atomic E-state index is 0.0206. The van der Waals surface area contributed by atoms with Gasteiger partial charge in [0.1, 0.15) is 11.4 Å². The fourth-order valence-electron chi connectivity index (χ4n) is 6.53. The van der Waals surface area contributed by atoms with Crippen LogP contribution in [0.1, 0.15) is 78.1 Å². The maximum absolute atomic E-state index is 12.8. The SMILES string of the molecule is CC1CC(=C(NC=O)C(=O)OCCCCOC(=O)C(NC=O)=C2CC(C)OC3CCCC23)C2CCCC2O1. The Kier molecular flexibility index (Phi) is 9.96. The number of rotatable bonds is 11. The predicted octanol–water partition coefficient (Wildman–Crippen LogP) is 2.81. The number of fused-ring (bicyclic) bond motifs is 2. The molecule has 2 saturated heterocycles. The van der Waals surface area contributed by atoms with E-state index in [0.29, 0.717) is 38.5 Å². The zero-order valence-corrected chi connectivity index (χ0v) is 22.4. The Morgan fingerprint density at radius 3 is 1.58 bits per heavy atom. The number of hydrogen-bond donors (Lipinski definition) is 2. The van der Waals surface area contributed by atoms with Crippen molar-refractivity contribution in [3.05, 3.63) is 22.5 Å². The van der Waals surface area contributed by atoms with Crippen molar-refractivity contribution in [2.24, 2.45) is 11.8 Å². The second kappa shape index (κ2) is 13.4. The molecule has 0 aromatic heterocycles. The van der Waals surface area contributed by atoms with Crippen LogP contribution in [0.4, 0.5) is 0 Å². The van der Waals surface area contributed by atoms with Gasteiger partial charge in [-0.15, -0.1) is 0 Å². The van der Waals surface area contributed by atoms with E-state index in [0.717, 1.165) is 49.7 Å². The van der Waals surface area contributed by atoms with E-state index in [9.17, 15) is 19.2 Å². The molecule has 0 spiro atoms. The first-order chi connectivity index (χ1) is 18.4. The van der Waals surface area contributed by atoms with Crippen LogP contribution in [0, 0.1) is 11.8 Å². The van der Waals surface area contributed by atoms with Gasteiger partial charge in [0.25, 0.3) is 0 Å². The molecule has 210 valence electrons. The topological polar surface area (TPSA) is 129 Å². The molecular formula is C28H40N2O8. The third-order valence-corrected chi connectivity index (χ3v) is 8.09. The molecule has 6 unspecified atom stereocenters. The van der Waals surface area contributed by atoms with E-state index in [1.807, 2.05) is 13.8 Å². The summed E-state index contributed by atoms with van der Waals surface area (Å²) in [6, 6.07) is 0. The number of esters is 2. The molecule has 6 atom stereocenters. The molecule has 10 nitrogen and oxygen atoms in total. The Morgan fingerprint density at radius 2 is 1.18 bits per heavy atom. The molecule has 2 N–H and O–H groups in total. The van der Waals surface area contributed by atoms with E-state index < -0.39 is 11.9 Å². The summed E-state index contributed by atoms with van der Waals surface area (Å²) in [5, 5.41) is 5.15. The van der Waals surface area contributed by atoms with Crippen LogP contribution in [-0.4, -0.2) is 62.4 Å². The number of hydrogen-bond acceptors (Lipinski definition) is 8. The molecule has 38 heavy (non-hydrogen) atoms. The van der Waals surface area contributed by atoms with Crippen LogP contribution in [-0.2, 0) is 38.1 Å². The van der Waals surface area contributed by atoms with E-state index >= 15 is 0 Å². The lowest BCUT2D eigenvalue weighted by molar-refractivity contribution is -0.142. The average molecular weight is 533 g/mol. The van der Waals surface area contributed by atoms with Crippen LogP contribution in [0.3, 0.4) is 0 Å². The van der Waals surface area contributed by atoms with Crippen molar-refractivity contribution in [3.8, 4) is 0 Å². The van der Waals surface area contributed by atoms with Crippen LogP contribution in [0.5, 0.6) is 0 Å². The Bertz CT molecular complexity index is 885. The third-order valence-electron chi connectivity index (χ3n) is 8.09. The van der Waals surface area contributed by atoms with Crippen LogP contribution < -0.4 is 10.6 Å². The maximum Gasteiger partial charge on any atom is 0.354 e. The standard InChI is InChI=1S/C28H40N2O8/c1-17-13-21(19-7-5-9-23(19)37-17)25(29-15-31)27(33)35-11-3-4-12-36-28(34)26(30-16-32)22-14-18(2)38-24-10-6-8-20(22)24/h15-20,23-24H,3-14H2,1-2H3,(H,29,31)(H,30,32). The largest absolute Gasteiger partial charge is 0.461 e. The van der Waals surface area contributed by atoms with Gasteiger partial charge in [-0.1, -0.05) is 12.8 Å². The molecule has 4 fully saturated rings. The van der Waals surface area contributed by atoms with Gasteiger partial charge in [-0.3, -0.25) is 9.59 Å². The molecule has 0 bridgehead atoms. The fourth-order valence-corrected chi connectivity index (χ4v) is 6.53. The van der Waals surface area contributed by atoms with Crippen LogP contribution in [0.2, 0.25) is 0 Å². The fraction of sp³-hybridized carbons (Fsp3) is 0.714. The smallest absolute Gasteiger partial charge is 0.354 e. The molecule has 2 aliphatic heterocycles. The molecule has 0 radical (unpaired) electrons. The van der Waals surface area contributed by atoms with Gasteiger partial charge in [0, 0.05) is 11.8 Å². The molecule has 2 amide bonds. The predicted molar refractivity (Wildman–Crippen MR) is 136 cm³/mol. The molecule has 2 aliphatic carbocycles. The molecule has 2 saturated carbocycles. The zero-order valence-electron chi connectivity index (χ0n) is 22.4. The zero-order chi connectivity index (χ0) is 27.1. The molecule has 10 heteroatoms. The Morgan fingerprint density at radius 1 is 0.763 bits per heavy atom. The van der Waals surface area contributed by atoms with E-state index in [1.54, 1.807) is 0 Å². The van der Waals surface area contributed by atoms with E-state index in [2.05, 4.69) is 10.6 Å². The second-order valence-corrected chi connectivity index (χ2v) is 10.8. The van der Waals surface area contributed by atoms with Crippen molar-refractivity contribution < 1.29 is 38.1 Å². The average Bonchev–Trinajstić information content (AvgIpc) is 3.56.